The van der Waals surface area contributed by atoms with Crippen LogP contribution in [0.2, 0.25) is 0 Å². The van der Waals surface area contributed by atoms with Crippen LogP contribution < -0.4 is 5.56 Å². The van der Waals surface area contributed by atoms with Crippen molar-refractivity contribution in [2.75, 3.05) is 6.61 Å². The molecular formula is C24H18F2N4O3. The summed E-state index contributed by atoms with van der Waals surface area (Å²) in [6, 6.07) is 11.5. The van der Waals surface area contributed by atoms with Crippen molar-refractivity contribution in [3.8, 4) is 28.5 Å². The van der Waals surface area contributed by atoms with Crippen LogP contribution in [0.1, 0.15) is 28.5 Å². The van der Waals surface area contributed by atoms with Crippen LogP contribution in [0.15, 0.2) is 47.3 Å². The first kappa shape index (κ1) is 21.9. The number of rotatable bonds is 4. The molecule has 2 heterocycles. The highest BCUT2D eigenvalue weighted by Gasteiger charge is 2.28. The van der Waals surface area contributed by atoms with Gasteiger partial charge in [0, 0.05) is 18.7 Å². The van der Waals surface area contributed by atoms with Crippen molar-refractivity contribution in [3.63, 3.8) is 0 Å². The molecule has 0 spiro atoms. The van der Waals surface area contributed by atoms with Gasteiger partial charge in [0.2, 0.25) is 0 Å². The Morgan fingerprint density at radius 3 is 2.48 bits per heavy atom. The summed E-state index contributed by atoms with van der Waals surface area (Å²) in [5, 5.41) is 13.4. The van der Waals surface area contributed by atoms with E-state index in [-0.39, 0.29) is 34.6 Å². The molecule has 0 amide bonds. The number of carbonyl (C=O) groups excluding carboxylic acids is 1. The summed E-state index contributed by atoms with van der Waals surface area (Å²) in [7, 11) is 1.61. The van der Waals surface area contributed by atoms with Crippen LogP contribution >= 0.6 is 0 Å². The van der Waals surface area contributed by atoms with Gasteiger partial charge >= 0.3 is 5.97 Å². The zero-order valence-corrected chi connectivity index (χ0v) is 18.0. The van der Waals surface area contributed by atoms with Gasteiger partial charge in [-0.2, -0.15) is 14.9 Å². The lowest BCUT2D eigenvalue weighted by Gasteiger charge is -2.16. The van der Waals surface area contributed by atoms with E-state index in [1.54, 1.807) is 49.7 Å². The van der Waals surface area contributed by atoms with E-state index in [9.17, 15) is 18.4 Å². The Morgan fingerprint density at radius 1 is 1.18 bits per heavy atom. The average molecular weight is 448 g/mol. The van der Waals surface area contributed by atoms with Crippen LogP contribution in [0.5, 0.6) is 0 Å². The molecule has 0 bridgehead atoms. The largest absolute Gasteiger partial charge is 0.462 e. The van der Waals surface area contributed by atoms with Gasteiger partial charge in [-0.3, -0.25) is 4.79 Å². The minimum absolute atomic E-state index is 0.0526. The molecule has 0 saturated heterocycles. The molecule has 33 heavy (non-hydrogen) atoms. The molecule has 4 aromatic rings. The topological polar surface area (TPSA) is 89.4 Å². The third-order valence-electron chi connectivity index (χ3n) is 5.30. The van der Waals surface area contributed by atoms with E-state index in [0.717, 1.165) is 16.6 Å². The van der Waals surface area contributed by atoms with Gasteiger partial charge < -0.3 is 9.30 Å². The number of nitrogens with zero attached hydrogens (tertiary/aromatic N) is 4. The number of hydrogen-bond donors (Lipinski definition) is 0. The van der Waals surface area contributed by atoms with Crippen molar-refractivity contribution in [1.29, 1.82) is 5.26 Å². The third-order valence-corrected chi connectivity index (χ3v) is 5.30. The summed E-state index contributed by atoms with van der Waals surface area (Å²) in [6.07, 6.45) is 0. The molecule has 0 saturated carbocycles. The van der Waals surface area contributed by atoms with Crippen LogP contribution in [-0.2, 0) is 11.8 Å². The standard InChI is InChI=1S/C24H18F2N4O3/c1-4-33-24(32)20-21(15-7-5-14(12-27)6-8-15)29(3)22-19(13(2)28-30(22)23(20)31)17-10-9-16(25)11-18(17)26/h5-11H,4H2,1-3H3. The second kappa shape index (κ2) is 8.31. The van der Waals surface area contributed by atoms with Crippen LogP contribution in [-0.4, -0.2) is 26.8 Å². The van der Waals surface area contributed by atoms with E-state index in [0.29, 0.717) is 16.8 Å². The van der Waals surface area contributed by atoms with Gasteiger partial charge in [-0.15, -0.1) is 0 Å². The summed E-state index contributed by atoms with van der Waals surface area (Å²) in [5.41, 5.74) is 1.00. The normalized spacial score (nSPS) is 10.9. The highest BCUT2D eigenvalue weighted by molar-refractivity contribution is 5.97. The lowest BCUT2D eigenvalue weighted by molar-refractivity contribution is 0.0524. The number of nitriles is 1. The van der Waals surface area contributed by atoms with Crippen molar-refractivity contribution < 1.29 is 18.3 Å². The minimum Gasteiger partial charge on any atom is -0.462 e. The molecule has 0 unspecified atom stereocenters. The Morgan fingerprint density at radius 2 is 1.88 bits per heavy atom. The maximum absolute atomic E-state index is 14.7. The Balaban J connectivity index is 2.15. The SMILES string of the molecule is CCOC(=O)c1c(-c2ccc(C#N)cc2)n(C)c2c(-c3ccc(F)cc3F)c(C)nn2c1=O. The lowest BCUT2D eigenvalue weighted by Crippen LogP contribution is -2.28. The fourth-order valence-corrected chi connectivity index (χ4v) is 3.88. The summed E-state index contributed by atoms with van der Waals surface area (Å²) < 4.78 is 35.9. The zero-order valence-electron chi connectivity index (χ0n) is 18.0. The highest BCUT2D eigenvalue weighted by atomic mass is 19.1. The number of hydrogen-bond acceptors (Lipinski definition) is 5. The molecule has 0 fully saturated rings. The van der Waals surface area contributed by atoms with Crippen molar-refractivity contribution in [2.24, 2.45) is 7.05 Å². The fourth-order valence-electron chi connectivity index (χ4n) is 3.88. The molecule has 4 rings (SSSR count). The molecule has 0 radical (unpaired) electrons. The molecule has 0 aliphatic heterocycles. The summed E-state index contributed by atoms with van der Waals surface area (Å²) >= 11 is 0. The van der Waals surface area contributed by atoms with Gasteiger partial charge in [0.25, 0.3) is 5.56 Å². The number of esters is 1. The Hall–Kier alpha value is -4.32. The molecule has 9 heteroatoms. The second-order valence-corrected chi connectivity index (χ2v) is 7.32. The van der Waals surface area contributed by atoms with E-state index in [2.05, 4.69) is 5.10 Å². The number of fused-ring (bicyclic) bond motifs is 1. The van der Waals surface area contributed by atoms with Crippen LogP contribution in [0.3, 0.4) is 0 Å². The number of aryl methyl sites for hydroxylation is 2. The fraction of sp³-hybridized carbons (Fsp3) is 0.167. The quantitative estimate of drug-likeness (QED) is 0.440. The molecule has 0 aliphatic carbocycles. The first-order valence-electron chi connectivity index (χ1n) is 10.0. The van der Waals surface area contributed by atoms with Gasteiger partial charge in [0.05, 0.1) is 35.2 Å². The number of carbonyl (C=O) groups is 1. The number of benzene rings is 2. The molecule has 166 valence electrons. The number of halogens is 2. The summed E-state index contributed by atoms with van der Waals surface area (Å²) in [5.74, 6) is -2.38. The Labute approximate surface area is 187 Å². The first-order chi connectivity index (χ1) is 15.8. The predicted molar refractivity (Wildman–Crippen MR) is 117 cm³/mol. The number of aromatic nitrogens is 3. The smallest absolute Gasteiger partial charge is 0.346 e. The molecule has 2 aromatic heterocycles. The van der Waals surface area contributed by atoms with Crippen LogP contribution in [0.4, 0.5) is 8.78 Å². The minimum atomic E-state index is -0.831. The van der Waals surface area contributed by atoms with E-state index in [1.807, 2.05) is 6.07 Å². The Bertz CT molecular complexity index is 1510. The number of ether oxygens (including phenoxy) is 1. The molecule has 0 atom stereocenters. The van der Waals surface area contributed by atoms with E-state index in [4.69, 9.17) is 10.00 Å². The van der Waals surface area contributed by atoms with Gasteiger partial charge in [-0.1, -0.05) is 12.1 Å². The van der Waals surface area contributed by atoms with E-state index < -0.39 is 23.2 Å². The summed E-state index contributed by atoms with van der Waals surface area (Å²) in [4.78, 5) is 26.2. The van der Waals surface area contributed by atoms with Crippen molar-refractivity contribution in [1.82, 2.24) is 14.2 Å². The predicted octanol–water partition coefficient (Wildman–Crippen LogP) is 4.00. The van der Waals surface area contributed by atoms with Crippen LogP contribution in [0, 0.1) is 29.9 Å². The van der Waals surface area contributed by atoms with Crippen molar-refractivity contribution in [2.45, 2.75) is 13.8 Å². The molecular weight excluding hydrogens is 430 g/mol. The Kier molecular flexibility index (Phi) is 5.52. The van der Waals surface area contributed by atoms with Crippen LogP contribution in [0.25, 0.3) is 28.0 Å². The van der Waals surface area contributed by atoms with E-state index >= 15 is 0 Å². The van der Waals surface area contributed by atoms with Gasteiger partial charge in [0.15, 0.2) is 5.56 Å². The van der Waals surface area contributed by atoms with Gasteiger partial charge in [0.1, 0.15) is 17.3 Å². The summed E-state index contributed by atoms with van der Waals surface area (Å²) in [6.45, 7) is 3.27. The van der Waals surface area contributed by atoms with E-state index in [1.165, 1.54) is 6.07 Å². The average Bonchev–Trinajstić information content (AvgIpc) is 3.14. The first-order valence-corrected chi connectivity index (χ1v) is 10.0. The highest BCUT2D eigenvalue weighted by Crippen LogP contribution is 2.33. The maximum atomic E-state index is 14.7. The monoisotopic (exact) mass is 448 g/mol. The van der Waals surface area contributed by atoms with Crippen molar-refractivity contribution >= 4 is 11.6 Å². The third kappa shape index (κ3) is 3.55. The molecule has 0 aliphatic rings. The lowest BCUT2D eigenvalue weighted by atomic mass is 10.0. The second-order valence-electron chi connectivity index (χ2n) is 7.32. The molecule has 7 nitrogen and oxygen atoms in total. The van der Waals surface area contributed by atoms with Crippen molar-refractivity contribution in [3.05, 3.63) is 81.3 Å². The molecule has 2 aromatic carbocycles. The molecule has 0 N–H and O–H groups in total. The zero-order chi connectivity index (χ0) is 23.9. The van der Waals surface area contributed by atoms with Gasteiger partial charge in [-0.25, -0.2) is 13.6 Å². The maximum Gasteiger partial charge on any atom is 0.346 e. The van der Waals surface area contributed by atoms with Gasteiger partial charge in [-0.05, 0) is 43.7 Å².